The maximum atomic E-state index is 14.6. The molecule has 2 aromatic carbocycles. The van der Waals surface area contributed by atoms with Gasteiger partial charge in [-0.05, 0) is 62.6 Å². The zero-order chi connectivity index (χ0) is 22.1. The quantitative estimate of drug-likeness (QED) is 0.534. The molecule has 0 N–H and O–H groups in total. The summed E-state index contributed by atoms with van der Waals surface area (Å²) in [5, 5.41) is 0. The number of hydrogen-bond donors (Lipinski definition) is 0. The van der Waals surface area contributed by atoms with Crippen LogP contribution in [-0.2, 0) is 12.6 Å². The second-order valence-corrected chi connectivity index (χ2v) is 8.02. The SMILES string of the molecule is CCC(C)(c1ccc(F)c(-c2ccc(F)cc2)c1)N(C(=O)c1cn(C)cn1)C(C)C. The van der Waals surface area contributed by atoms with Gasteiger partial charge in [-0.2, -0.15) is 0 Å². The summed E-state index contributed by atoms with van der Waals surface area (Å²) < 4.78 is 29.7. The summed E-state index contributed by atoms with van der Waals surface area (Å²) in [6.45, 7) is 7.90. The van der Waals surface area contributed by atoms with Crippen LogP contribution in [0.15, 0.2) is 55.0 Å². The molecule has 0 spiro atoms. The van der Waals surface area contributed by atoms with E-state index in [0.29, 0.717) is 23.2 Å². The van der Waals surface area contributed by atoms with Gasteiger partial charge in [0.2, 0.25) is 0 Å². The maximum Gasteiger partial charge on any atom is 0.274 e. The molecule has 1 heterocycles. The fraction of sp³-hybridized carbons (Fsp3) is 0.333. The zero-order valence-corrected chi connectivity index (χ0v) is 18.0. The Morgan fingerprint density at radius 2 is 1.83 bits per heavy atom. The number of amides is 1. The lowest BCUT2D eigenvalue weighted by atomic mass is 9.84. The molecule has 30 heavy (non-hydrogen) atoms. The molecule has 3 rings (SSSR count). The molecule has 0 saturated heterocycles. The molecule has 0 aliphatic carbocycles. The van der Waals surface area contributed by atoms with Crippen LogP contribution >= 0.6 is 0 Å². The van der Waals surface area contributed by atoms with Crippen molar-refractivity contribution in [3.8, 4) is 11.1 Å². The van der Waals surface area contributed by atoms with Gasteiger partial charge in [-0.1, -0.05) is 25.1 Å². The number of aryl methyl sites for hydroxylation is 1. The van der Waals surface area contributed by atoms with E-state index in [-0.39, 0.29) is 17.8 Å². The molecule has 4 nitrogen and oxygen atoms in total. The van der Waals surface area contributed by atoms with Crippen LogP contribution < -0.4 is 0 Å². The summed E-state index contributed by atoms with van der Waals surface area (Å²) in [5.74, 6) is -0.945. The summed E-state index contributed by atoms with van der Waals surface area (Å²) in [5.41, 5.74) is 1.45. The van der Waals surface area contributed by atoms with Crippen LogP contribution in [0.4, 0.5) is 8.78 Å². The van der Waals surface area contributed by atoms with Gasteiger partial charge in [0.05, 0.1) is 11.9 Å². The highest BCUT2D eigenvalue weighted by atomic mass is 19.1. The van der Waals surface area contributed by atoms with Gasteiger partial charge >= 0.3 is 0 Å². The standard InChI is InChI=1S/C24H27F2N3O/c1-6-24(4,29(16(2)3)23(30)22-14-28(5)15-27-22)18-9-12-21(26)20(13-18)17-7-10-19(25)11-8-17/h7-16H,6H2,1-5H3. The van der Waals surface area contributed by atoms with Crippen LogP contribution in [0.3, 0.4) is 0 Å². The van der Waals surface area contributed by atoms with Crippen molar-refractivity contribution in [2.75, 3.05) is 0 Å². The van der Waals surface area contributed by atoms with Gasteiger partial charge in [0.1, 0.15) is 17.3 Å². The minimum absolute atomic E-state index is 0.108. The lowest BCUT2D eigenvalue weighted by Crippen LogP contribution is -2.51. The minimum atomic E-state index is -0.689. The Morgan fingerprint density at radius 3 is 2.37 bits per heavy atom. The van der Waals surface area contributed by atoms with E-state index in [1.807, 2.05) is 34.7 Å². The first-order valence-electron chi connectivity index (χ1n) is 10.0. The van der Waals surface area contributed by atoms with E-state index < -0.39 is 11.4 Å². The molecular weight excluding hydrogens is 384 g/mol. The van der Waals surface area contributed by atoms with Gasteiger partial charge in [-0.25, -0.2) is 13.8 Å². The average Bonchev–Trinajstić information content (AvgIpc) is 3.15. The van der Waals surface area contributed by atoms with E-state index in [1.54, 1.807) is 46.3 Å². The highest BCUT2D eigenvalue weighted by molar-refractivity contribution is 5.93. The number of hydrogen-bond acceptors (Lipinski definition) is 2. The number of rotatable bonds is 6. The van der Waals surface area contributed by atoms with Gasteiger partial charge in [-0.3, -0.25) is 4.79 Å². The van der Waals surface area contributed by atoms with Crippen LogP contribution in [0.5, 0.6) is 0 Å². The zero-order valence-electron chi connectivity index (χ0n) is 18.0. The second-order valence-electron chi connectivity index (χ2n) is 8.02. The number of carbonyl (C=O) groups is 1. The van der Waals surface area contributed by atoms with Crippen LogP contribution in [0.1, 0.15) is 50.2 Å². The summed E-state index contributed by atoms with van der Waals surface area (Å²) in [6, 6.07) is 10.5. The first-order chi connectivity index (χ1) is 14.2. The van der Waals surface area contributed by atoms with Gasteiger partial charge in [0.25, 0.3) is 5.91 Å². The normalized spacial score (nSPS) is 13.3. The molecule has 6 heteroatoms. The van der Waals surface area contributed by atoms with Crippen LogP contribution in [0, 0.1) is 11.6 Å². The van der Waals surface area contributed by atoms with Crippen molar-refractivity contribution in [3.63, 3.8) is 0 Å². The fourth-order valence-electron chi connectivity index (χ4n) is 3.90. The van der Waals surface area contributed by atoms with E-state index in [2.05, 4.69) is 4.98 Å². The summed E-state index contributed by atoms with van der Waals surface area (Å²) in [4.78, 5) is 19.4. The molecule has 1 atom stereocenters. The summed E-state index contributed by atoms with van der Waals surface area (Å²) >= 11 is 0. The molecule has 3 aromatic rings. The van der Waals surface area contributed by atoms with Gasteiger partial charge < -0.3 is 9.47 Å². The van der Waals surface area contributed by atoms with E-state index in [4.69, 9.17) is 0 Å². The second kappa shape index (κ2) is 8.38. The molecule has 0 bridgehead atoms. The molecular formula is C24H27F2N3O. The molecule has 0 fully saturated rings. The number of benzene rings is 2. The maximum absolute atomic E-state index is 14.6. The predicted octanol–water partition coefficient (Wildman–Crippen LogP) is 5.54. The van der Waals surface area contributed by atoms with Crippen LogP contribution in [0.25, 0.3) is 11.1 Å². The Morgan fingerprint density at radius 1 is 1.17 bits per heavy atom. The van der Waals surface area contributed by atoms with E-state index in [1.165, 1.54) is 18.2 Å². The summed E-state index contributed by atoms with van der Waals surface area (Å²) in [7, 11) is 1.82. The molecule has 1 amide bonds. The van der Waals surface area contributed by atoms with Crippen molar-refractivity contribution in [2.24, 2.45) is 7.05 Å². The number of aromatic nitrogens is 2. The molecule has 0 aliphatic heterocycles. The van der Waals surface area contributed by atoms with Gasteiger partial charge in [0.15, 0.2) is 0 Å². The topological polar surface area (TPSA) is 38.1 Å². The molecule has 0 radical (unpaired) electrons. The van der Waals surface area contributed by atoms with Crippen molar-refractivity contribution in [3.05, 3.63) is 77.9 Å². The Balaban J connectivity index is 2.10. The third-order valence-corrected chi connectivity index (χ3v) is 5.62. The predicted molar refractivity (Wildman–Crippen MR) is 114 cm³/mol. The van der Waals surface area contributed by atoms with Gasteiger partial charge in [0, 0.05) is 24.8 Å². The van der Waals surface area contributed by atoms with Crippen molar-refractivity contribution < 1.29 is 13.6 Å². The lowest BCUT2D eigenvalue weighted by molar-refractivity contribution is 0.0367. The Labute approximate surface area is 176 Å². The highest BCUT2D eigenvalue weighted by Crippen LogP contribution is 2.37. The number of imidazole rings is 1. The van der Waals surface area contributed by atoms with E-state index in [0.717, 1.165) is 5.56 Å². The molecule has 1 aromatic heterocycles. The van der Waals surface area contributed by atoms with Crippen molar-refractivity contribution in [1.29, 1.82) is 0 Å². The number of nitrogens with zero attached hydrogens (tertiary/aromatic N) is 3. The largest absolute Gasteiger partial charge is 0.340 e. The van der Waals surface area contributed by atoms with Crippen molar-refractivity contribution in [2.45, 2.75) is 45.7 Å². The third kappa shape index (κ3) is 3.99. The number of carbonyl (C=O) groups excluding carboxylic acids is 1. The Kier molecular flexibility index (Phi) is 6.06. The molecule has 158 valence electrons. The fourth-order valence-corrected chi connectivity index (χ4v) is 3.90. The Hall–Kier alpha value is -3.02. The smallest absolute Gasteiger partial charge is 0.274 e. The Bertz CT molecular complexity index is 1040. The first-order valence-corrected chi connectivity index (χ1v) is 10.0. The minimum Gasteiger partial charge on any atom is -0.340 e. The lowest BCUT2D eigenvalue weighted by Gasteiger charge is -2.44. The molecule has 0 saturated carbocycles. The van der Waals surface area contributed by atoms with Crippen molar-refractivity contribution in [1.82, 2.24) is 14.5 Å². The van der Waals surface area contributed by atoms with Crippen LogP contribution in [0.2, 0.25) is 0 Å². The molecule has 0 aliphatic rings. The van der Waals surface area contributed by atoms with Crippen molar-refractivity contribution >= 4 is 5.91 Å². The monoisotopic (exact) mass is 411 g/mol. The van der Waals surface area contributed by atoms with E-state index >= 15 is 0 Å². The highest BCUT2D eigenvalue weighted by Gasteiger charge is 2.38. The number of halogens is 2. The van der Waals surface area contributed by atoms with Gasteiger partial charge in [-0.15, -0.1) is 0 Å². The summed E-state index contributed by atoms with van der Waals surface area (Å²) in [6.07, 6.45) is 3.92. The average molecular weight is 411 g/mol. The third-order valence-electron chi connectivity index (χ3n) is 5.62. The molecule has 1 unspecified atom stereocenters. The van der Waals surface area contributed by atoms with Crippen LogP contribution in [-0.4, -0.2) is 26.4 Å². The first kappa shape index (κ1) is 21.7. The van der Waals surface area contributed by atoms with E-state index in [9.17, 15) is 13.6 Å².